The van der Waals surface area contributed by atoms with Crippen LogP contribution in [-0.4, -0.2) is 32.6 Å². The smallest absolute Gasteiger partial charge is 0.101 e. The zero-order valence-corrected chi connectivity index (χ0v) is 8.77. The Balaban J connectivity index is 2.46. The van der Waals surface area contributed by atoms with Crippen molar-refractivity contribution in [3.8, 4) is 0 Å². The zero-order chi connectivity index (χ0) is 10.2. The normalized spacial score (nSPS) is 10.8. The van der Waals surface area contributed by atoms with Crippen LogP contribution in [0.2, 0.25) is 0 Å². The maximum atomic E-state index is 5.07. The molecule has 0 saturated heterocycles. The van der Waals surface area contributed by atoms with Crippen LogP contribution in [0, 0.1) is 0 Å². The fraction of sp³-hybridized carbons (Fsp3) is 0.455. The van der Waals surface area contributed by atoms with Gasteiger partial charge in [-0.05, 0) is 5.56 Å². The van der Waals surface area contributed by atoms with Crippen molar-refractivity contribution in [2.75, 3.05) is 27.7 Å². The third-order valence-electron chi connectivity index (χ3n) is 1.87. The quantitative estimate of drug-likeness (QED) is 0.645. The summed E-state index contributed by atoms with van der Waals surface area (Å²) in [5.74, 6) is 0. The Morgan fingerprint density at radius 3 is 2.07 bits per heavy atom. The Labute approximate surface area is 85.2 Å². The summed E-state index contributed by atoms with van der Waals surface area (Å²) in [6, 6.07) is 10.3. The minimum absolute atomic E-state index is 0.586. The number of hydrogen-bond donors (Lipinski definition) is 0. The first kappa shape index (κ1) is 11.2. The molecule has 0 unspecified atom stereocenters. The maximum absolute atomic E-state index is 5.07. The molecule has 14 heavy (non-hydrogen) atoms. The van der Waals surface area contributed by atoms with Crippen LogP contribution in [0.5, 0.6) is 0 Å². The molecule has 3 nitrogen and oxygen atoms in total. The highest BCUT2D eigenvalue weighted by Crippen LogP contribution is 2.03. The number of methoxy groups -OCH3 is 2. The highest BCUT2D eigenvalue weighted by Gasteiger charge is 2.03. The van der Waals surface area contributed by atoms with E-state index in [1.54, 1.807) is 14.2 Å². The maximum Gasteiger partial charge on any atom is 0.101 e. The lowest BCUT2D eigenvalue weighted by atomic mass is 10.2. The molecule has 0 spiro atoms. The molecule has 0 atom stereocenters. The molecule has 0 aromatic heterocycles. The van der Waals surface area contributed by atoms with Gasteiger partial charge >= 0.3 is 0 Å². The van der Waals surface area contributed by atoms with Gasteiger partial charge in [-0.3, -0.25) is 4.90 Å². The lowest BCUT2D eigenvalue weighted by Gasteiger charge is -2.19. The first-order valence-corrected chi connectivity index (χ1v) is 4.61. The van der Waals surface area contributed by atoms with E-state index in [4.69, 9.17) is 9.47 Å². The van der Waals surface area contributed by atoms with Crippen LogP contribution in [0.4, 0.5) is 0 Å². The minimum atomic E-state index is 0.586. The lowest BCUT2D eigenvalue weighted by Crippen LogP contribution is -2.27. The lowest BCUT2D eigenvalue weighted by molar-refractivity contribution is -0.0185. The fourth-order valence-corrected chi connectivity index (χ4v) is 1.34. The summed E-state index contributed by atoms with van der Waals surface area (Å²) in [5, 5.41) is 0. The van der Waals surface area contributed by atoms with E-state index >= 15 is 0 Å². The van der Waals surface area contributed by atoms with Gasteiger partial charge in [-0.25, -0.2) is 0 Å². The summed E-state index contributed by atoms with van der Waals surface area (Å²) in [4.78, 5) is 2.08. The van der Waals surface area contributed by atoms with Gasteiger partial charge in [-0.15, -0.1) is 0 Å². The Bertz CT molecular complexity index is 232. The van der Waals surface area contributed by atoms with Crippen LogP contribution in [0.3, 0.4) is 0 Å². The molecule has 0 N–H and O–H groups in total. The van der Waals surface area contributed by atoms with Gasteiger partial charge in [0.15, 0.2) is 0 Å². The second kappa shape index (κ2) is 6.54. The van der Waals surface area contributed by atoms with E-state index in [-0.39, 0.29) is 0 Å². The van der Waals surface area contributed by atoms with Gasteiger partial charge in [-0.2, -0.15) is 0 Å². The van der Waals surface area contributed by atoms with Gasteiger partial charge in [0.25, 0.3) is 0 Å². The van der Waals surface area contributed by atoms with Crippen molar-refractivity contribution >= 4 is 0 Å². The standard InChI is InChI=1S/C11H17NO2/c1-13-9-12(10-14-2)8-11-6-4-3-5-7-11/h3-7H,8-10H2,1-2H3. The van der Waals surface area contributed by atoms with Crippen LogP contribution in [0.1, 0.15) is 5.56 Å². The molecule has 0 heterocycles. The summed E-state index contributed by atoms with van der Waals surface area (Å²) in [5.41, 5.74) is 1.27. The first-order chi connectivity index (χ1) is 6.86. The predicted octanol–water partition coefficient (Wildman–Crippen LogP) is 1.70. The van der Waals surface area contributed by atoms with Crippen LogP contribution >= 0.6 is 0 Å². The fourth-order valence-electron chi connectivity index (χ4n) is 1.34. The summed E-state index contributed by atoms with van der Waals surface area (Å²) in [6.45, 7) is 2.02. The summed E-state index contributed by atoms with van der Waals surface area (Å²) >= 11 is 0. The van der Waals surface area contributed by atoms with Crippen molar-refractivity contribution in [2.45, 2.75) is 6.54 Å². The molecule has 0 amide bonds. The molecular weight excluding hydrogens is 178 g/mol. The molecule has 1 rings (SSSR count). The predicted molar refractivity (Wildman–Crippen MR) is 55.7 cm³/mol. The number of nitrogens with zero attached hydrogens (tertiary/aromatic N) is 1. The van der Waals surface area contributed by atoms with Gasteiger partial charge in [0.05, 0.1) is 0 Å². The number of rotatable bonds is 6. The average Bonchev–Trinajstić information content (AvgIpc) is 2.20. The zero-order valence-electron chi connectivity index (χ0n) is 8.77. The van der Waals surface area contributed by atoms with E-state index in [1.165, 1.54) is 5.56 Å². The molecule has 0 saturated carbocycles. The van der Waals surface area contributed by atoms with Gasteiger partial charge < -0.3 is 9.47 Å². The van der Waals surface area contributed by atoms with Crippen molar-refractivity contribution in [2.24, 2.45) is 0 Å². The van der Waals surface area contributed by atoms with Gasteiger partial charge in [0, 0.05) is 20.8 Å². The first-order valence-electron chi connectivity index (χ1n) is 4.61. The van der Waals surface area contributed by atoms with Gasteiger partial charge in [0.2, 0.25) is 0 Å². The van der Waals surface area contributed by atoms with E-state index in [9.17, 15) is 0 Å². The van der Waals surface area contributed by atoms with Crippen LogP contribution in [0.15, 0.2) is 30.3 Å². The Hall–Kier alpha value is -0.900. The molecule has 1 aromatic carbocycles. The Morgan fingerprint density at radius 1 is 1.00 bits per heavy atom. The van der Waals surface area contributed by atoms with Crippen molar-refractivity contribution in [3.63, 3.8) is 0 Å². The number of hydrogen-bond acceptors (Lipinski definition) is 3. The number of benzene rings is 1. The SMILES string of the molecule is COCN(COC)Cc1ccccc1. The van der Waals surface area contributed by atoms with E-state index in [2.05, 4.69) is 17.0 Å². The average molecular weight is 195 g/mol. The second-order valence-corrected chi connectivity index (χ2v) is 3.15. The molecule has 3 heteroatoms. The molecule has 0 radical (unpaired) electrons. The monoisotopic (exact) mass is 195 g/mol. The van der Waals surface area contributed by atoms with E-state index in [0.29, 0.717) is 13.5 Å². The van der Waals surface area contributed by atoms with E-state index in [0.717, 1.165) is 6.54 Å². The molecule has 78 valence electrons. The third-order valence-corrected chi connectivity index (χ3v) is 1.87. The van der Waals surface area contributed by atoms with E-state index < -0.39 is 0 Å². The molecule has 0 bridgehead atoms. The molecule has 0 aliphatic carbocycles. The second-order valence-electron chi connectivity index (χ2n) is 3.15. The van der Waals surface area contributed by atoms with Crippen molar-refractivity contribution < 1.29 is 9.47 Å². The molecule has 0 fully saturated rings. The van der Waals surface area contributed by atoms with Crippen LogP contribution in [0.25, 0.3) is 0 Å². The molecule has 0 aliphatic rings. The Kier molecular flexibility index (Phi) is 5.22. The molecule has 0 aliphatic heterocycles. The van der Waals surface area contributed by atoms with Crippen molar-refractivity contribution in [3.05, 3.63) is 35.9 Å². The highest BCUT2D eigenvalue weighted by atomic mass is 16.5. The van der Waals surface area contributed by atoms with E-state index in [1.807, 2.05) is 18.2 Å². The van der Waals surface area contributed by atoms with Crippen LogP contribution < -0.4 is 0 Å². The van der Waals surface area contributed by atoms with Crippen molar-refractivity contribution in [1.29, 1.82) is 0 Å². The topological polar surface area (TPSA) is 21.7 Å². The Morgan fingerprint density at radius 2 is 1.57 bits per heavy atom. The largest absolute Gasteiger partial charge is 0.369 e. The summed E-state index contributed by atoms with van der Waals surface area (Å²) in [7, 11) is 3.38. The summed E-state index contributed by atoms with van der Waals surface area (Å²) in [6.07, 6.45) is 0. The highest BCUT2D eigenvalue weighted by molar-refractivity contribution is 5.14. The molecular formula is C11H17NO2. The minimum Gasteiger partial charge on any atom is -0.369 e. The summed E-state index contributed by atoms with van der Waals surface area (Å²) < 4.78 is 10.1. The van der Waals surface area contributed by atoms with Crippen molar-refractivity contribution in [1.82, 2.24) is 4.90 Å². The number of ether oxygens (including phenoxy) is 2. The van der Waals surface area contributed by atoms with Gasteiger partial charge in [0.1, 0.15) is 13.5 Å². The van der Waals surface area contributed by atoms with Gasteiger partial charge in [-0.1, -0.05) is 30.3 Å². The van der Waals surface area contributed by atoms with Crippen LogP contribution in [-0.2, 0) is 16.0 Å². The molecule has 1 aromatic rings. The third kappa shape index (κ3) is 3.87.